The molecule has 0 radical (unpaired) electrons. The molecule has 5 aromatic rings. The zero-order valence-electron chi connectivity index (χ0n) is 34.3. The smallest absolute Gasteiger partial charge is 0.338 e. The third-order valence-corrected chi connectivity index (χ3v) is 10.2. The van der Waals surface area contributed by atoms with E-state index in [1.54, 1.807) is 78.9 Å². The lowest BCUT2D eigenvalue weighted by Gasteiger charge is -2.22. The van der Waals surface area contributed by atoms with E-state index in [9.17, 15) is 19.5 Å². The zero-order valence-corrected chi connectivity index (χ0v) is 34.3. The highest BCUT2D eigenvalue weighted by Crippen LogP contribution is 2.28. The fourth-order valence-electron chi connectivity index (χ4n) is 6.92. The topological polar surface area (TPSA) is 135 Å². The fourth-order valence-corrected chi connectivity index (χ4v) is 6.92. The lowest BCUT2D eigenvalue weighted by Crippen LogP contribution is -2.33. The molecule has 306 valence electrons. The van der Waals surface area contributed by atoms with Crippen LogP contribution in [0.4, 0.5) is 17.1 Å². The van der Waals surface area contributed by atoms with Crippen LogP contribution < -0.4 is 20.5 Å². The van der Waals surface area contributed by atoms with E-state index in [0.717, 1.165) is 30.5 Å². The minimum absolute atomic E-state index is 0.00586. The molecule has 0 fully saturated rings. The largest absolute Gasteiger partial charge is 0.495 e. The van der Waals surface area contributed by atoms with Crippen LogP contribution in [-0.4, -0.2) is 65.7 Å². The number of para-hydroxylation sites is 3. The Morgan fingerprint density at radius 2 is 1.52 bits per heavy atom. The number of aromatic nitrogens is 2. The van der Waals surface area contributed by atoms with Gasteiger partial charge in [-0.1, -0.05) is 89.0 Å². The number of aliphatic hydroxyl groups is 1. The summed E-state index contributed by atoms with van der Waals surface area (Å²) >= 11 is 0. The van der Waals surface area contributed by atoms with Crippen molar-refractivity contribution in [1.29, 1.82) is 0 Å². The lowest BCUT2D eigenvalue weighted by atomic mass is 10.1. The maximum Gasteiger partial charge on any atom is 0.338 e. The van der Waals surface area contributed by atoms with E-state index >= 15 is 0 Å². The molecule has 0 unspecified atom stereocenters. The molecule has 1 heterocycles. The Morgan fingerprint density at radius 3 is 2.19 bits per heavy atom. The Hall–Kier alpha value is -5.81. The summed E-state index contributed by atoms with van der Waals surface area (Å²) in [6.07, 6.45) is 11.9. The van der Waals surface area contributed by atoms with E-state index in [4.69, 9.17) is 19.5 Å². The first-order valence-corrected chi connectivity index (χ1v) is 20.6. The van der Waals surface area contributed by atoms with Crippen molar-refractivity contribution in [3.8, 4) is 11.4 Å². The Labute approximate surface area is 341 Å². The number of aliphatic imine (C=N–C) groups is 1. The number of ether oxygens (including phenoxy) is 2. The number of aryl methyl sites for hydroxylation is 1. The molecule has 2 N–H and O–H groups in total. The van der Waals surface area contributed by atoms with Gasteiger partial charge < -0.3 is 24.8 Å². The van der Waals surface area contributed by atoms with Gasteiger partial charge in [0.15, 0.2) is 11.5 Å². The number of amides is 1. The minimum Gasteiger partial charge on any atom is -0.495 e. The summed E-state index contributed by atoms with van der Waals surface area (Å²) in [5, 5.41) is 12.9. The predicted molar refractivity (Wildman–Crippen MR) is 233 cm³/mol. The third-order valence-electron chi connectivity index (χ3n) is 10.2. The minimum atomic E-state index is -0.619. The molecule has 0 aliphatic carbocycles. The van der Waals surface area contributed by atoms with Gasteiger partial charge in [0.05, 0.1) is 53.9 Å². The van der Waals surface area contributed by atoms with Crippen LogP contribution in [0, 0.1) is 6.92 Å². The SMILES string of the molecule is CCCCCCCCCCCCOC(=O)c1ccc(-n2c(C(=Nc3ccc(N(CC)CCO)cc3C)C(=O)Nc3ccccc3OC)nc3ccccc3c2=O)cc1. The van der Waals surface area contributed by atoms with Gasteiger partial charge in [-0.3, -0.25) is 14.2 Å². The van der Waals surface area contributed by atoms with Crippen molar-refractivity contribution in [3.63, 3.8) is 0 Å². The number of esters is 1. The number of nitrogens with one attached hydrogen (secondary N) is 1. The molecule has 1 aromatic heterocycles. The number of nitrogens with zero attached hydrogens (tertiary/aromatic N) is 4. The van der Waals surface area contributed by atoms with Gasteiger partial charge in [0, 0.05) is 18.8 Å². The molecule has 5 rings (SSSR count). The van der Waals surface area contributed by atoms with Crippen molar-refractivity contribution < 1.29 is 24.2 Å². The average Bonchev–Trinajstić information content (AvgIpc) is 3.24. The normalized spacial score (nSPS) is 11.4. The molecule has 0 atom stereocenters. The fraction of sp³-hybridized carbons (Fsp3) is 0.383. The van der Waals surface area contributed by atoms with Gasteiger partial charge in [-0.05, 0) is 92.6 Å². The number of anilines is 2. The summed E-state index contributed by atoms with van der Waals surface area (Å²) in [4.78, 5) is 53.8. The van der Waals surface area contributed by atoms with Gasteiger partial charge in [0.25, 0.3) is 11.5 Å². The molecular weight excluding hydrogens is 731 g/mol. The van der Waals surface area contributed by atoms with Gasteiger partial charge in [0.1, 0.15) is 5.75 Å². The number of likely N-dealkylation sites (N-methyl/N-ethyl adjacent to an activating group) is 1. The Morgan fingerprint density at radius 1 is 0.845 bits per heavy atom. The van der Waals surface area contributed by atoms with Crippen LogP contribution in [0.15, 0.2) is 101 Å². The van der Waals surface area contributed by atoms with E-state index in [1.807, 2.05) is 30.9 Å². The van der Waals surface area contributed by atoms with Crippen LogP contribution in [-0.2, 0) is 9.53 Å². The van der Waals surface area contributed by atoms with Crippen molar-refractivity contribution in [3.05, 3.63) is 118 Å². The standard InChI is InChI=1S/C47H57N5O6/c1-5-7-8-9-10-11-12-13-14-19-32-58-47(56)35-24-26-36(27-25-35)52-44(49-40-21-16-15-20-38(40)46(52)55)43(45(54)50-41-22-17-18-23-42(41)57-4)48-39-29-28-37(33-34(39)3)51(6-2)30-31-53/h15-18,20-29,33,53H,5-14,19,30-32H2,1-4H3,(H,50,54). The van der Waals surface area contributed by atoms with Crippen molar-refractivity contribution in [2.24, 2.45) is 4.99 Å². The Bertz CT molecular complexity index is 2210. The number of carbonyl (C=O) groups excluding carboxylic acids is 2. The number of benzene rings is 4. The zero-order chi connectivity index (χ0) is 41.3. The number of hydrogen-bond donors (Lipinski definition) is 2. The van der Waals surface area contributed by atoms with E-state index in [-0.39, 0.29) is 18.1 Å². The molecular formula is C47H57N5O6. The number of fused-ring (bicyclic) bond motifs is 1. The van der Waals surface area contributed by atoms with Gasteiger partial charge in [-0.15, -0.1) is 0 Å². The van der Waals surface area contributed by atoms with Crippen LogP contribution in [0.25, 0.3) is 16.6 Å². The van der Waals surface area contributed by atoms with Crippen LogP contribution in [0.5, 0.6) is 5.75 Å². The average molecular weight is 788 g/mol. The summed E-state index contributed by atoms with van der Waals surface area (Å²) in [6, 6.07) is 26.1. The molecule has 4 aromatic carbocycles. The molecule has 11 nitrogen and oxygen atoms in total. The van der Waals surface area contributed by atoms with Crippen LogP contribution in [0.3, 0.4) is 0 Å². The molecule has 0 bridgehead atoms. The van der Waals surface area contributed by atoms with E-state index < -0.39 is 17.4 Å². The molecule has 1 amide bonds. The Kier molecular flexibility index (Phi) is 16.6. The molecule has 0 aliphatic heterocycles. The number of unbranched alkanes of at least 4 members (excludes halogenated alkanes) is 9. The highest BCUT2D eigenvalue weighted by Gasteiger charge is 2.25. The maximum atomic E-state index is 14.5. The summed E-state index contributed by atoms with van der Waals surface area (Å²) in [5.41, 5.74) is 3.16. The monoisotopic (exact) mass is 787 g/mol. The molecule has 11 heteroatoms. The van der Waals surface area contributed by atoms with Gasteiger partial charge >= 0.3 is 5.97 Å². The van der Waals surface area contributed by atoms with Crippen LogP contribution in [0.2, 0.25) is 0 Å². The molecule has 0 aliphatic rings. The number of methoxy groups -OCH3 is 1. The highest BCUT2D eigenvalue weighted by atomic mass is 16.5. The number of rotatable bonds is 22. The summed E-state index contributed by atoms with van der Waals surface area (Å²) in [6.45, 7) is 7.64. The van der Waals surface area contributed by atoms with E-state index in [2.05, 4.69) is 12.2 Å². The van der Waals surface area contributed by atoms with Crippen molar-refractivity contribution >= 4 is 45.6 Å². The second kappa shape index (κ2) is 22.2. The predicted octanol–water partition coefficient (Wildman–Crippen LogP) is 9.36. The van der Waals surface area contributed by atoms with Crippen LogP contribution in [0.1, 0.15) is 99.8 Å². The lowest BCUT2D eigenvalue weighted by molar-refractivity contribution is -0.110. The first-order valence-electron chi connectivity index (χ1n) is 20.6. The Balaban J connectivity index is 1.47. The van der Waals surface area contributed by atoms with Crippen molar-refractivity contribution in [2.45, 2.75) is 85.0 Å². The van der Waals surface area contributed by atoms with Crippen molar-refractivity contribution in [1.82, 2.24) is 9.55 Å². The quantitative estimate of drug-likeness (QED) is 0.0403. The van der Waals surface area contributed by atoms with Gasteiger partial charge in [0.2, 0.25) is 0 Å². The first-order chi connectivity index (χ1) is 28.3. The maximum absolute atomic E-state index is 14.5. The van der Waals surface area contributed by atoms with E-state index in [1.165, 1.54) is 56.6 Å². The summed E-state index contributed by atoms with van der Waals surface area (Å²) in [7, 11) is 1.52. The molecule has 0 saturated carbocycles. The summed E-state index contributed by atoms with van der Waals surface area (Å²) in [5.74, 6) is -0.610. The third kappa shape index (κ3) is 11.4. The van der Waals surface area contributed by atoms with E-state index in [0.29, 0.717) is 59.0 Å². The summed E-state index contributed by atoms with van der Waals surface area (Å²) < 4.78 is 12.5. The van der Waals surface area contributed by atoms with Crippen molar-refractivity contribution in [2.75, 3.05) is 43.6 Å². The molecule has 58 heavy (non-hydrogen) atoms. The number of aliphatic hydroxyl groups excluding tert-OH is 1. The highest BCUT2D eigenvalue weighted by molar-refractivity contribution is 6.48. The van der Waals surface area contributed by atoms with Gasteiger partial charge in [-0.25, -0.2) is 14.8 Å². The van der Waals surface area contributed by atoms with Gasteiger partial charge in [-0.2, -0.15) is 0 Å². The number of hydrogen-bond acceptors (Lipinski definition) is 9. The second-order valence-electron chi connectivity index (χ2n) is 14.3. The number of carbonyl (C=O) groups is 2. The molecule has 0 spiro atoms. The molecule has 0 saturated heterocycles. The first kappa shape index (κ1) is 43.3. The van der Waals surface area contributed by atoms with Crippen LogP contribution >= 0.6 is 0 Å². The second-order valence-corrected chi connectivity index (χ2v) is 14.3.